The monoisotopic (exact) mass is 324 g/mol. The molecule has 0 radical (unpaired) electrons. The molecular weight excluding hydrogens is 304 g/mol. The molecule has 0 amide bonds. The Hall–Kier alpha value is -2.62. The second-order valence-corrected chi connectivity index (χ2v) is 7.31. The van der Waals surface area contributed by atoms with Crippen molar-refractivity contribution in [1.29, 1.82) is 0 Å². The van der Waals surface area contributed by atoms with Gasteiger partial charge in [-0.2, -0.15) is 0 Å². The van der Waals surface area contributed by atoms with Crippen LogP contribution in [-0.2, 0) is 10.8 Å². The second kappa shape index (κ2) is 5.20. The van der Waals surface area contributed by atoms with Crippen molar-refractivity contribution in [2.45, 2.75) is 38.0 Å². The quantitative estimate of drug-likeness (QED) is 0.892. The SMILES string of the molecule is CC1(C)CC(C)(c2ccccc2C(=O)O)c2cc(C(=O)O)ccc21. The van der Waals surface area contributed by atoms with Crippen molar-refractivity contribution in [3.8, 4) is 0 Å². The third-order valence-electron chi connectivity index (χ3n) is 5.14. The Bertz CT molecular complexity index is 850. The zero-order valence-electron chi connectivity index (χ0n) is 14.0. The minimum Gasteiger partial charge on any atom is -0.478 e. The van der Waals surface area contributed by atoms with Crippen LogP contribution in [-0.4, -0.2) is 22.2 Å². The Labute approximate surface area is 140 Å². The summed E-state index contributed by atoms with van der Waals surface area (Å²) in [6.45, 7) is 6.23. The predicted molar refractivity (Wildman–Crippen MR) is 90.9 cm³/mol. The van der Waals surface area contributed by atoms with Gasteiger partial charge in [0.1, 0.15) is 0 Å². The minimum absolute atomic E-state index is 0.160. The maximum atomic E-state index is 11.7. The van der Waals surface area contributed by atoms with E-state index in [0.717, 1.165) is 23.1 Å². The van der Waals surface area contributed by atoms with Gasteiger partial charge in [-0.25, -0.2) is 9.59 Å². The number of hydrogen-bond donors (Lipinski definition) is 2. The molecule has 4 nitrogen and oxygen atoms in total. The molecule has 0 saturated heterocycles. The highest BCUT2D eigenvalue weighted by Crippen LogP contribution is 2.53. The molecule has 24 heavy (non-hydrogen) atoms. The third kappa shape index (κ3) is 2.30. The highest BCUT2D eigenvalue weighted by Gasteiger charge is 2.47. The molecule has 0 spiro atoms. The number of fused-ring (bicyclic) bond motifs is 1. The van der Waals surface area contributed by atoms with Gasteiger partial charge in [0, 0.05) is 5.41 Å². The van der Waals surface area contributed by atoms with E-state index in [0.29, 0.717) is 0 Å². The van der Waals surface area contributed by atoms with Gasteiger partial charge in [-0.3, -0.25) is 0 Å². The number of rotatable bonds is 3. The molecule has 2 N–H and O–H groups in total. The van der Waals surface area contributed by atoms with Crippen LogP contribution in [0.4, 0.5) is 0 Å². The van der Waals surface area contributed by atoms with Gasteiger partial charge in [-0.05, 0) is 46.7 Å². The fraction of sp³-hybridized carbons (Fsp3) is 0.300. The summed E-state index contributed by atoms with van der Waals surface area (Å²) in [5.74, 6) is -1.94. The topological polar surface area (TPSA) is 74.6 Å². The fourth-order valence-corrected chi connectivity index (χ4v) is 4.19. The van der Waals surface area contributed by atoms with Crippen LogP contribution in [0, 0.1) is 0 Å². The smallest absolute Gasteiger partial charge is 0.335 e. The summed E-state index contributed by atoms with van der Waals surface area (Å²) in [4.78, 5) is 23.1. The molecule has 124 valence electrons. The fourth-order valence-electron chi connectivity index (χ4n) is 4.19. The number of benzene rings is 2. The van der Waals surface area contributed by atoms with E-state index in [1.54, 1.807) is 24.3 Å². The third-order valence-corrected chi connectivity index (χ3v) is 5.14. The lowest BCUT2D eigenvalue weighted by atomic mass is 9.73. The molecule has 2 aromatic rings. The summed E-state index contributed by atoms with van der Waals surface area (Å²) < 4.78 is 0. The summed E-state index contributed by atoms with van der Waals surface area (Å²) in [5, 5.41) is 18.9. The van der Waals surface area contributed by atoms with Crippen molar-refractivity contribution in [3.05, 3.63) is 70.3 Å². The van der Waals surface area contributed by atoms with Gasteiger partial charge in [0.2, 0.25) is 0 Å². The van der Waals surface area contributed by atoms with E-state index >= 15 is 0 Å². The average molecular weight is 324 g/mol. The van der Waals surface area contributed by atoms with Crippen molar-refractivity contribution in [1.82, 2.24) is 0 Å². The maximum absolute atomic E-state index is 11.7. The number of hydrogen-bond acceptors (Lipinski definition) is 2. The number of carboxylic acid groups (broad SMARTS) is 2. The summed E-state index contributed by atoms with van der Waals surface area (Å²) in [5.41, 5.74) is 2.50. The highest BCUT2D eigenvalue weighted by molar-refractivity contribution is 5.91. The Morgan fingerprint density at radius 2 is 1.54 bits per heavy atom. The van der Waals surface area contributed by atoms with Crippen LogP contribution >= 0.6 is 0 Å². The largest absolute Gasteiger partial charge is 0.478 e. The van der Waals surface area contributed by atoms with Crippen LogP contribution in [0.5, 0.6) is 0 Å². The first-order chi connectivity index (χ1) is 11.2. The first-order valence-electron chi connectivity index (χ1n) is 7.88. The van der Waals surface area contributed by atoms with Gasteiger partial charge in [0.05, 0.1) is 11.1 Å². The van der Waals surface area contributed by atoms with Crippen LogP contribution in [0.3, 0.4) is 0 Å². The lowest BCUT2D eigenvalue weighted by Crippen LogP contribution is -2.26. The van der Waals surface area contributed by atoms with E-state index in [-0.39, 0.29) is 16.5 Å². The molecule has 1 atom stereocenters. The zero-order chi connectivity index (χ0) is 17.7. The van der Waals surface area contributed by atoms with Gasteiger partial charge in [0.15, 0.2) is 0 Å². The van der Waals surface area contributed by atoms with Crippen molar-refractivity contribution >= 4 is 11.9 Å². The van der Waals surface area contributed by atoms with Crippen LogP contribution < -0.4 is 0 Å². The van der Waals surface area contributed by atoms with E-state index in [2.05, 4.69) is 13.8 Å². The molecule has 3 rings (SSSR count). The molecule has 1 aliphatic rings. The highest BCUT2D eigenvalue weighted by atomic mass is 16.4. The summed E-state index contributed by atoms with van der Waals surface area (Å²) in [7, 11) is 0. The Morgan fingerprint density at radius 1 is 0.875 bits per heavy atom. The van der Waals surface area contributed by atoms with E-state index < -0.39 is 17.4 Å². The van der Waals surface area contributed by atoms with E-state index in [4.69, 9.17) is 0 Å². The Balaban J connectivity index is 2.30. The maximum Gasteiger partial charge on any atom is 0.335 e. The molecule has 0 heterocycles. The first-order valence-corrected chi connectivity index (χ1v) is 7.88. The lowest BCUT2D eigenvalue weighted by molar-refractivity contribution is 0.0684. The van der Waals surface area contributed by atoms with E-state index in [1.165, 1.54) is 0 Å². The lowest BCUT2D eigenvalue weighted by Gasteiger charge is -2.29. The van der Waals surface area contributed by atoms with Crippen molar-refractivity contribution in [2.75, 3.05) is 0 Å². The molecule has 0 aromatic heterocycles. The van der Waals surface area contributed by atoms with Crippen molar-refractivity contribution in [3.63, 3.8) is 0 Å². The van der Waals surface area contributed by atoms with Crippen LogP contribution in [0.2, 0.25) is 0 Å². The number of aromatic carboxylic acids is 2. The molecule has 0 aliphatic heterocycles. The van der Waals surface area contributed by atoms with Gasteiger partial charge in [0.25, 0.3) is 0 Å². The van der Waals surface area contributed by atoms with E-state index in [1.807, 2.05) is 25.1 Å². The van der Waals surface area contributed by atoms with Gasteiger partial charge < -0.3 is 10.2 Å². The molecule has 2 aromatic carbocycles. The number of carbonyl (C=O) groups is 2. The Kier molecular flexibility index (Phi) is 3.52. The molecule has 0 bridgehead atoms. The number of carboxylic acids is 2. The van der Waals surface area contributed by atoms with Crippen molar-refractivity contribution < 1.29 is 19.8 Å². The van der Waals surface area contributed by atoms with Crippen LogP contribution in [0.1, 0.15) is 64.6 Å². The van der Waals surface area contributed by atoms with Crippen molar-refractivity contribution in [2.24, 2.45) is 0 Å². The van der Waals surface area contributed by atoms with Gasteiger partial charge >= 0.3 is 11.9 Å². The zero-order valence-corrected chi connectivity index (χ0v) is 14.0. The second-order valence-electron chi connectivity index (χ2n) is 7.31. The summed E-state index contributed by atoms with van der Waals surface area (Å²) in [6.07, 6.45) is 0.725. The molecule has 0 saturated carbocycles. The van der Waals surface area contributed by atoms with Crippen LogP contribution in [0.25, 0.3) is 0 Å². The molecule has 0 fully saturated rings. The molecular formula is C20H20O4. The molecule has 1 aliphatic carbocycles. The Morgan fingerprint density at radius 3 is 2.17 bits per heavy atom. The summed E-state index contributed by atoms with van der Waals surface area (Å²) >= 11 is 0. The minimum atomic E-state index is -0.976. The van der Waals surface area contributed by atoms with Gasteiger partial charge in [-0.15, -0.1) is 0 Å². The average Bonchev–Trinajstić information content (AvgIpc) is 2.74. The van der Waals surface area contributed by atoms with E-state index in [9.17, 15) is 19.8 Å². The predicted octanol–water partition coefficient (Wildman–Crippen LogP) is 4.07. The summed E-state index contributed by atoms with van der Waals surface area (Å²) in [6, 6.07) is 12.2. The normalized spacial score (nSPS) is 21.3. The van der Waals surface area contributed by atoms with Gasteiger partial charge in [-0.1, -0.05) is 45.0 Å². The first kappa shape index (κ1) is 16.2. The standard InChI is InChI=1S/C20H20O4/c1-19(2)11-20(3,14-7-5-4-6-13(14)18(23)24)16-10-12(17(21)22)8-9-15(16)19/h4-10H,11H2,1-3H3,(H,21,22)(H,23,24). The molecule has 1 unspecified atom stereocenters. The van der Waals surface area contributed by atoms with Crippen LogP contribution in [0.15, 0.2) is 42.5 Å². The molecule has 4 heteroatoms.